The zero-order valence-corrected chi connectivity index (χ0v) is 8.05. The lowest BCUT2D eigenvalue weighted by molar-refractivity contribution is 0.424. The average molecular weight is 200 g/mol. The van der Waals surface area contributed by atoms with E-state index in [0.29, 0.717) is 6.42 Å². The smallest absolute Gasteiger partial charge is 0.423 e. The van der Waals surface area contributed by atoms with Gasteiger partial charge >= 0.3 is 7.12 Å². The third-order valence-corrected chi connectivity index (χ3v) is 2.31. The normalized spacial score (nSPS) is 10.2. The molecule has 0 aromatic heterocycles. The minimum atomic E-state index is -1.67. The third-order valence-electron chi connectivity index (χ3n) is 1.84. The molecule has 0 bridgehead atoms. The number of aryl methyl sites for hydroxylation is 1. The van der Waals surface area contributed by atoms with Crippen LogP contribution in [0.3, 0.4) is 0 Å². The molecule has 0 aliphatic carbocycles. The van der Waals surface area contributed by atoms with Crippen LogP contribution in [0, 0.1) is 5.82 Å². The van der Waals surface area contributed by atoms with Gasteiger partial charge < -0.3 is 10.0 Å². The number of benzene rings is 1. The first-order valence-electron chi connectivity index (χ1n) is 3.93. The summed E-state index contributed by atoms with van der Waals surface area (Å²) >= 11 is 3.84. The Labute approximate surface area is 82.0 Å². The molecule has 13 heavy (non-hydrogen) atoms. The van der Waals surface area contributed by atoms with Crippen molar-refractivity contribution in [1.29, 1.82) is 0 Å². The molecule has 0 atom stereocenters. The standard InChI is InChI=1S/C8H10BFO2S/c1-2-5-3-6(9(11)12)8(13)7(10)4-5/h3-4,11-13H,2H2,1H3. The van der Waals surface area contributed by atoms with Crippen LogP contribution in [0.15, 0.2) is 17.0 Å². The zero-order valence-electron chi connectivity index (χ0n) is 7.16. The van der Waals surface area contributed by atoms with Crippen molar-refractivity contribution in [2.75, 3.05) is 0 Å². The maximum absolute atomic E-state index is 13.1. The van der Waals surface area contributed by atoms with Gasteiger partial charge in [0, 0.05) is 4.90 Å². The molecule has 2 N–H and O–H groups in total. The fourth-order valence-electron chi connectivity index (χ4n) is 1.08. The van der Waals surface area contributed by atoms with Crippen LogP contribution in [0.2, 0.25) is 0 Å². The first-order valence-corrected chi connectivity index (χ1v) is 4.38. The largest absolute Gasteiger partial charge is 0.489 e. The SMILES string of the molecule is CCc1cc(F)c(S)c(B(O)O)c1. The Morgan fingerprint density at radius 2 is 2.08 bits per heavy atom. The van der Waals surface area contributed by atoms with Crippen LogP contribution in [0.4, 0.5) is 4.39 Å². The molecule has 70 valence electrons. The van der Waals surface area contributed by atoms with E-state index in [1.54, 1.807) is 0 Å². The maximum Gasteiger partial charge on any atom is 0.489 e. The Morgan fingerprint density at radius 1 is 1.46 bits per heavy atom. The summed E-state index contributed by atoms with van der Waals surface area (Å²) in [6, 6.07) is 2.88. The summed E-state index contributed by atoms with van der Waals surface area (Å²) < 4.78 is 13.1. The van der Waals surface area contributed by atoms with Crippen LogP contribution < -0.4 is 5.46 Å². The molecule has 1 aromatic rings. The topological polar surface area (TPSA) is 40.5 Å². The van der Waals surface area contributed by atoms with Crippen LogP contribution in [0.5, 0.6) is 0 Å². The highest BCUT2D eigenvalue weighted by atomic mass is 32.1. The molecule has 0 aliphatic heterocycles. The molecule has 0 heterocycles. The minimum Gasteiger partial charge on any atom is -0.423 e. The van der Waals surface area contributed by atoms with Crippen molar-refractivity contribution in [3.05, 3.63) is 23.5 Å². The van der Waals surface area contributed by atoms with Gasteiger partial charge in [0.05, 0.1) is 0 Å². The van der Waals surface area contributed by atoms with Gasteiger partial charge in [0.2, 0.25) is 0 Å². The molecule has 0 spiro atoms. The molecule has 0 saturated carbocycles. The van der Waals surface area contributed by atoms with Crippen molar-refractivity contribution in [3.63, 3.8) is 0 Å². The molecule has 2 nitrogen and oxygen atoms in total. The average Bonchev–Trinajstić information content (AvgIpc) is 2.09. The highest BCUT2D eigenvalue weighted by molar-refractivity contribution is 7.80. The molecule has 0 fully saturated rings. The van der Waals surface area contributed by atoms with E-state index >= 15 is 0 Å². The third kappa shape index (κ3) is 2.24. The molecule has 0 unspecified atom stereocenters. The van der Waals surface area contributed by atoms with E-state index < -0.39 is 12.9 Å². The van der Waals surface area contributed by atoms with Crippen molar-refractivity contribution < 1.29 is 14.4 Å². The first kappa shape index (κ1) is 10.6. The summed E-state index contributed by atoms with van der Waals surface area (Å²) in [7, 11) is -1.67. The van der Waals surface area contributed by atoms with Gasteiger partial charge in [-0.2, -0.15) is 0 Å². The van der Waals surface area contributed by atoms with Gasteiger partial charge in [-0.05, 0) is 23.5 Å². The molecule has 1 aromatic carbocycles. The van der Waals surface area contributed by atoms with Crippen molar-refractivity contribution in [3.8, 4) is 0 Å². The van der Waals surface area contributed by atoms with Crippen molar-refractivity contribution >= 4 is 25.2 Å². The van der Waals surface area contributed by atoms with E-state index in [0.717, 1.165) is 5.56 Å². The summed E-state index contributed by atoms with van der Waals surface area (Å²) in [4.78, 5) is -0.00722. The molecular formula is C8H10BFO2S. The molecular weight excluding hydrogens is 190 g/mol. The summed E-state index contributed by atoms with van der Waals surface area (Å²) in [5.41, 5.74) is 0.832. The quantitative estimate of drug-likeness (QED) is 0.476. The van der Waals surface area contributed by atoms with E-state index in [1.165, 1.54) is 12.1 Å². The number of halogens is 1. The monoisotopic (exact) mass is 200 g/mol. The summed E-state index contributed by atoms with van der Waals surface area (Å²) in [5.74, 6) is -0.522. The number of thiol groups is 1. The lowest BCUT2D eigenvalue weighted by atomic mass is 9.79. The highest BCUT2D eigenvalue weighted by Crippen LogP contribution is 2.12. The van der Waals surface area contributed by atoms with Gasteiger partial charge in [0.15, 0.2) is 0 Å². The van der Waals surface area contributed by atoms with Gasteiger partial charge in [-0.25, -0.2) is 4.39 Å². The summed E-state index contributed by atoms with van der Waals surface area (Å²) in [6.07, 6.45) is 0.644. The van der Waals surface area contributed by atoms with E-state index in [2.05, 4.69) is 12.6 Å². The van der Waals surface area contributed by atoms with Gasteiger partial charge in [0.25, 0.3) is 0 Å². The molecule has 1 rings (SSSR count). The van der Waals surface area contributed by atoms with Crippen LogP contribution >= 0.6 is 12.6 Å². The maximum atomic E-state index is 13.1. The van der Waals surface area contributed by atoms with Crippen LogP contribution in [0.1, 0.15) is 12.5 Å². The van der Waals surface area contributed by atoms with Gasteiger partial charge in [0.1, 0.15) is 5.82 Å². The summed E-state index contributed by atoms with van der Waals surface area (Å²) in [5, 5.41) is 17.8. The van der Waals surface area contributed by atoms with E-state index in [9.17, 15) is 4.39 Å². The minimum absolute atomic E-state index is 0.00722. The first-order chi connectivity index (χ1) is 6.06. The second kappa shape index (κ2) is 4.13. The zero-order chi connectivity index (χ0) is 10.0. The summed E-state index contributed by atoms with van der Waals surface area (Å²) in [6.45, 7) is 1.86. The van der Waals surface area contributed by atoms with Gasteiger partial charge in [-0.15, -0.1) is 12.6 Å². The molecule has 0 saturated heterocycles. The second-order valence-electron chi connectivity index (χ2n) is 2.74. The Kier molecular flexibility index (Phi) is 3.36. The van der Waals surface area contributed by atoms with Crippen LogP contribution in [-0.2, 0) is 6.42 Å². The Hall–Kier alpha value is -0.515. The molecule has 0 radical (unpaired) electrons. The van der Waals surface area contributed by atoms with Crippen LogP contribution in [0.25, 0.3) is 0 Å². The Morgan fingerprint density at radius 3 is 2.54 bits per heavy atom. The van der Waals surface area contributed by atoms with Gasteiger partial charge in [-0.3, -0.25) is 0 Å². The Balaban J connectivity index is 3.25. The van der Waals surface area contributed by atoms with Crippen molar-refractivity contribution in [2.24, 2.45) is 0 Å². The van der Waals surface area contributed by atoms with Crippen molar-refractivity contribution in [1.82, 2.24) is 0 Å². The second-order valence-corrected chi connectivity index (χ2v) is 3.19. The predicted molar refractivity (Wildman–Crippen MR) is 52.9 cm³/mol. The lowest BCUT2D eigenvalue weighted by Crippen LogP contribution is -2.32. The fraction of sp³-hybridized carbons (Fsp3) is 0.250. The van der Waals surface area contributed by atoms with Gasteiger partial charge in [-0.1, -0.05) is 13.0 Å². The predicted octanol–water partition coefficient (Wildman–Crippen LogP) is 0.357. The number of rotatable bonds is 2. The lowest BCUT2D eigenvalue weighted by Gasteiger charge is -2.07. The molecule has 5 heteroatoms. The van der Waals surface area contributed by atoms with E-state index in [-0.39, 0.29) is 10.4 Å². The molecule has 0 aliphatic rings. The number of hydrogen-bond donors (Lipinski definition) is 3. The van der Waals surface area contributed by atoms with Crippen LogP contribution in [-0.4, -0.2) is 17.2 Å². The molecule has 0 amide bonds. The fourth-order valence-corrected chi connectivity index (χ4v) is 1.32. The van der Waals surface area contributed by atoms with Crippen molar-refractivity contribution in [2.45, 2.75) is 18.2 Å². The Bertz CT molecular complexity index is 317. The van der Waals surface area contributed by atoms with E-state index in [1.807, 2.05) is 6.92 Å². The number of hydrogen-bond acceptors (Lipinski definition) is 3. The van der Waals surface area contributed by atoms with E-state index in [4.69, 9.17) is 10.0 Å². The highest BCUT2D eigenvalue weighted by Gasteiger charge is 2.17.